The molecule has 2 rings (SSSR count). The molecule has 0 aromatic heterocycles. The summed E-state index contributed by atoms with van der Waals surface area (Å²) in [5.41, 5.74) is 2.88. The molecule has 0 unspecified atom stereocenters. The molecule has 1 aromatic carbocycles. The van der Waals surface area contributed by atoms with Crippen molar-refractivity contribution in [3.63, 3.8) is 0 Å². The molecule has 4 nitrogen and oxygen atoms in total. The van der Waals surface area contributed by atoms with Gasteiger partial charge in [0.2, 0.25) is 0 Å². The fourth-order valence-electron chi connectivity index (χ4n) is 1.62. The number of rotatable bonds is 3. The van der Waals surface area contributed by atoms with Gasteiger partial charge in [0.25, 0.3) is 0 Å². The molecule has 1 aliphatic rings. The summed E-state index contributed by atoms with van der Waals surface area (Å²) in [6.45, 7) is 1.19. The summed E-state index contributed by atoms with van der Waals surface area (Å²) < 4.78 is 24.8. The van der Waals surface area contributed by atoms with Gasteiger partial charge in [-0.05, 0) is 0 Å². The summed E-state index contributed by atoms with van der Waals surface area (Å²) in [7, 11) is 1.46. The van der Waals surface area contributed by atoms with Crippen molar-refractivity contribution in [3.05, 3.63) is 22.5 Å². The van der Waals surface area contributed by atoms with E-state index < -0.39 is 5.82 Å². The highest BCUT2D eigenvalue weighted by Crippen LogP contribution is 2.38. The Kier molecular flexibility index (Phi) is 4.04. The molecule has 0 saturated heterocycles. The number of hydrogen-bond donors (Lipinski definition) is 1. The van der Waals surface area contributed by atoms with Crippen LogP contribution in [0.5, 0.6) is 11.5 Å². The van der Waals surface area contributed by atoms with E-state index in [-0.39, 0.29) is 11.6 Å². The number of halogens is 2. The second-order valence-electron chi connectivity index (χ2n) is 3.55. The number of benzene rings is 1. The van der Waals surface area contributed by atoms with Crippen molar-refractivity contribution in [2.45, 2.75) is 13.0 Å². The van der Waals surface area contributed by atoms with E-state index in [1.165, 1.54) is 13.2 Å². The smallest absolute Gasteiger partial charge is 0.168 e. The standard InChI is InChI=1S/C11H13ClFNO3/c1-15-14-6-7-10(13)8(12)5-9-11(7)17-4-2-3-16-9/h5,14H,2-4,6H2,1H3. The fourth-order valence-corrected chi connectivity index (χ4v) is 1.83. The van der Waals surface area contributed by atoms with Gasteiger partial charge in [0.1, 0.15) is 5.82 Å². The van der Waals surface area contributed by atoms with E-state index in [4.69, 9.17) is 25.9 Å². The molecular formula is C11H13ClFNO3. The number of ether oxygens (including phenoxy) is 2. The Balaban J connectivity index is 2.42. The first-order valence-corrected chi connectivity index (χ1v) is 5.64. The first-order chi connectivity index (χ1) is 8.24. The maximum Gasteiger partial charge on any atom is 0.168 e. The zero-order valence-electron chi connectivity index (χ0n) is 9.39. The highest BCUT2D eigenvalue weighted by molar-refractivity contribution is 6.31. The maximum absolute atomic E-state index is 13.9. The van der Waals surface area contributed by atoms with Gasteiger partial charge in [-0.2, -0.15) is 5.48 Å². The van der Waals surface area contributed by atoms with Gasteiger partial charge in [0, 0.05) is 12.5 Å². The summed E-state index contributed by atoms with van der Waals surface area (Å²) >= 11 is 5.80. The molecule has 0 amide bonds. The number of hydrogen-bond acceptors (Lipinski definition) is 4. The molecule has 6 heteroatoms. The molecule has 0 bridgehead atoms. The van der Waals surface area contributed by atoms with E-state index in [2.05, 4.69) is 5.48 Å². The second kappa shape index (κ2) is 5.53. The highest BCUT2D eigenvalue weighted by atomic mass is 35.5. The summed E-state index contributed by atoms with van der Waals surface area (Å²) in [6.07, 6.45) is 0.755. The summed E-state index contributed by atoms with van der Waals surface area (Å²) in [5, 5.41) is 0.0159. The Morgan fingerprint density at radius 3 is 3.00 bits per heavy atom. The second-order valence-corrected chi connectivity index (χ2v) is 3.96. The highest BCUT2D eigenvalue weighted by Gasteiger charge is 2.21. The van der Waals surface area contributed by atoms with Crippen molar-refractivity contribution in [3.8, 4) is 11.5 Å². The lowest BCUT2D eigenvalue weighted by atomic mass is 10.1. The van der Waals surface area contributed by atoms with Gasteiger partial charge in [-0.3, -0.25) is 0 Å². The third kappa shape index (κ3) is 2.62. The van der Waals surface area contributed by atoms with Crippen LogP contribution < -0.4 is 15.0 Å². The molecule has 0 spiro atoms. The molecule has 0 aliphatic carbocycles. The predicted molar refractivity (Wildman–Crippen MR) is 60.9 cm³/mol. The van der Waals surface area contributed by atoms with Gasteiger partial charge in [0.15, 0.2) is 11.5 Å². The van der Waals surface area contributed by atoms with E-state index in [9.17, 15) is 4.39 Å². The van der Waals surface area contributed by atoms with E-state index in [1.54, 1.807) is 0 Å². The van der Waals surface area contributed by atoms with Crippen LogP contribution in [0.1, 0.15) is 12.0 Å². The molecule has 1 aliphatic heterocycles. The molecule has 1 N–H and O–H groups in total. The topological polar surface area (TPSA) is 39.7 Å². The average molecular weight is 262 g/mol. The van der Waals surface area contributed by atoms with Crippen LogP contribution in [0.2, 0.25) is 5.02 Å². The minimum absolute atomic E-state index is 0.0159. The Labute approximate surface area is 104 Å². The van der Waals surface area contributed by atoms with Crippen molar-refractivity contribution in [1.29, 1.82) is 0 Å². The summed E-state index contributed by atoms with van der Waals surface area (Å²) in [6, 6.07) is 1.44. The Hall–Kier alpha value is -1.04. The quantitative estimate of drug-likeness (QED) is 0.848. The maximum atomic E-state index is 13.9. The lowest BCUT2D eigenvalue weighted by Gasteiger charge is -2.14. The molecule has 0 fully saturated rings. The molecule has 0 radical (unpaired) electrons. The van der Waals surface area contributed by atoms with Crippen molar-refractivity contribution < 1.29 is 18.7 Å². The zero-order valence-corrected chi connectivity index (χ0v) is 10.1. The van der Waals surface area contributed by atoms with E-state index in [1.807, 2.05) is 0 Å². The third-order valence-corrected chi connectivity index (χ3v) is 2.69. The van der Waals surface area contributed by atoms with Gasteiger partial charge in [-0.15, -0.1) is 0 Å². The van der Waals surface area contributed by atoms with E-state index in [0.29, 0.717) is 30.3 Å². The summed E-state index contributed by atoms with van der Waals surface area (Å²) in [5.74, 6) is 0.358. The lowest BCUT2D eigenvalue weighted by molar-refractivity contribution is 0.0851. The van der Waals surface area contributed by atoms with Crippen LogP contribution in [0.4, 0.5) is 4.39 Å². The van der Waals surface area contributed by atoms with E-state index >= 15 is 0 Å². The van der Waals surface area contributed by atoms with Crippen LogP contribution in [0.3, 0.4) is 0 Å². The Morgan fingerprint density at radius 2 is 2.24 bits per heavy atom. The minimum Gasteiger partial charge on any atom is -0.489 e. The molecule has 0 atom stereocenters. The predicted octanol–water partition coefficient (Wildman–Crippen LogP) is 2.29. The first-order valence-electron chi connectivity index (χ1n) is 5.26. The number of fused-ring (bicyclic) bond motifs is 1. The molecule has 1 heterocycles. The van der Waals surface area contributed by atoms with E-state index in [0.717, 1.165) is 6.42 Å². The van der Waals surface area contributed by atoms with Crippen molar-refractivity contribution in [2.24, 2.45) is 0 Å². The van der Waals surface area contributed by atoms with Gasteiger partial charge in [-0.1, -0.05) is 11.6 Å². The molecule has 0 saturated carbocycles. The SMILES string of the molecule is CONCc1c(F)c(Cl)cc2c1OCCCO2. The Bertz CT molecular complexity index is 414. The van der Waals surface area contributed by atoms with Crippen LogP contribution in [-0.4, -0.2) is 20.3 Å². The normalized spacial score (nSPS) is 14.5. The first kappa shape index (κ1) is 12.4. The van der Waals surface area contributed by atoms with Gasteiger partial charge >= 0.3 is 0 Å². The van der Waals surface area contributed by atoms with Crippen LogP contribution in [0, 0.1) is 5.82 Å². The van der Waals surface area contributed by atoms with Crippen LogP contribution in [0.15, 0.2) is 6.07 Å². The average Bonchev–Trinajstić information content (AvgIpc) is 2.55. The molecule has 94 valence electrons. The van der Waals surface area contributed by atoms with Crippen molar-refractivity contribution >= 4 is 11.6 Å². The van der Waals surface area contributed by atoms with Crippen LogP contribution in [0.25, 0.3) is 0 Å². The zero-order chi connectivity index (χ0) is 12.3. The molecule has 1 aromatic rings. The Morgan fingerprint density at radius 1 is 1.47 bits per heavy atom. The van der Waals surface area contributed by atoms with Gasteiger partial charge < -0.3 is 14.3 Å². The lowest BCUT2D eigenvalue weighted by Crippen LogP contribution is -2.14. The fraction of sp³-hybridized carbons (Fsp3) is 0.455. The van der Waals surface area contributed by atoms with Gasteiger partial charge in [-0.25, -0.2) is 4.39 Å². The van der Waals surface area contributed by atoms with Crippen LogP contribution >= 0.6 is 11.6 Å². The monoisotopic (exact) mass is 261 g/mol. The van der Waals surface area contributed by atoms with Crippen LogP contribution in [-0.2, 0) is 11.4 Å². The number of hydroxylamine groups is 1. The van der Waals surface area contributed by atoms with Crippen molar-refractivity contribution in [1.82, 2.24) is 5.48 Å². The van der Waals surface area contributed by atoms with Gasteiger partial charge in [0.05, 0.1) is 37.5 Å². The molecule has 17 heavy (non-hydrogen) atoms. The minimum atomic E-state index is -0.513. The molecular weight excluding hydrogens is 249 g/mol. The largest absolute Gasteiger partial charge is 0.489 e. The number of nitrogens with one attached hydrogen (secondary N) is 1. The third-order valence-electron chi connectivity index (χ3n) is 2.42. The van der Waals surface area contributed by atoms with Crippen molar-refractivity contribution in [2.75, 3.05) is 20.3 Å². The summed E-state index contributed by atoms with van der Waals surface area (Å²) in [4.78, 5) is 4.71.